The zero-order valence-electron chi connectivity index (χ0n) is 18.0. The molecule has 0 saturated heterocycles. The number of carbonyl (C=O) groups excluding carboxylic acids is 6. The van der Waals surface area contributed by atoms with E-state index in [2.05, 4.69) is 5.32 Å². The SMILES string of the molecule is BN1C(=O)c2ccc(C(=O)Oc3ccc(OC(=O)c4ccc5c(c4)C(=O)NC5=O)cc3)cc2C1=O. The van der Waals surface area contributed by atoms with Crippen molar-refractivity contribution in [3.8, 4) is 11.5 Å². The molecule has 3 aromatic rings. The van der Waals surface area contributed by atoms with Crippen LogP contribution in [0.1, 0.15) is 62.1 Å². The van der Waals surface area contributed by atoms with Crippen LogP contribution in [0.4, 0.5) is 0 Å². The minimum absolute atomic E-state index is 0.0828. The molecule has 0 saturated carbocycles. The first kappa shape index (κ1) is 21.8. The molecule has 35 heavy (non-hydrogen) atoms. The van der Waals surface area contributed by atoms with E-state index >= 15 is 0 Å². The molecular weight excluding hydrogens is 455 g/mol. The Hall–Kier alpha value is -5.06. The van der Waals surface area contributed by atoms with E-state index in [9.17, 15) is 28.8 Å². The highest BCUT2D eigenvalue weighted by molar-refractivity contribution is 6.36. The van der Waals surface area contributed by atoms with E-state index < -0.39 is 35.6 Å². The van der Waals surface area contributed by atoms with E-state index in [0.29, 0.717) is 0 Å². The van der Waals surface area contributed by atoms with Gasteiger partial charge in [-0.3, -0.25) is 24.5 Å². The van der Waals surface area contributed by atoms with Crippen molar-refractivity contribution in [3.05, 3.63) is 94.0 Å². The largest absolute Gasteiger partial charge is 0.423 e. The minimum Gasteiger partial charge on any atom is -0.423 e. The number of rotatable bonds is 4. The molecular formula is C24H13BN2O8. The predicted octanol–water partition coefficient (Wildman–Crippen LogP) is 1.15. The van der Waals surface area contributed by atoms with E-state index in [-0.39, 0.29) is 44.9 Å². The Morgan fingerprint density at radius 2 is 1.09 bits per heavy atom. The summed E-state index contributed by atoms with van der Waals surface area (Å²) in [7, 11) is 1.36. The lowest BCUT2D eigenvalue weighted by Gasteiger charge is -2.08. The molecule has 3 aromatic carbocycles. The van der Waals surface area contributed by atoms with Crippen molar-refractivity contribution in [2.75, 3.05) is 0 Å². The van der Waals surface area contributed by atoms with Crippen LogP contribution >= 0.6 is 0 Å². The molecule has 0 unspecified atom stereocenters. The Morgan fingerprint density at radius 1 is 0.629 bits per heavy atom. The van der Waals surface area contributed by atoms with E-state index in [4.69, 9.17) is 9.47 Å². The first-order valence-electron chi connectivity index (χ1n) is 10.2. The molecule has 2 aliphatic rings. The van der Waals surface area contributed by atoms with Gasteiger partial charge in [0, 0.05) is 0 Å². The van der Waals surface area contributed by atoms with Gasteiger partial charge in [-0.15, -0.1) is 0 Å². The standard InChI is InChI=1S/C24H13BN2O8/c25-27-21(30)16-8-2-12(10-18(16)22(27)31)24(33)35-14-5-3-13(4-6-14)34-23(32)11-1-7-15-17(9-11)20(29)26-19(15)28/h1-10H,25H2,(H,26,28,29). The number of imide groups is 2. The first-order chi connectivity index (χ1) is 16.7. The summed E-state index contributed by atoms with van der Waals surface area (Å²) in [5.41, 5.74) is 0.799. The molecule has 4 amide bonds. The van der Waals surface area contributed by atoms with Gasteiger partial charge in [-0.2, -0.15) is 0 Å². The van der Waals surface area contributed by atoms with Crippen LogP contribution in [0.25, 0.3) is 0 Å². The number of amides is 4. The van der Waals surface area contributed by atoms with E-state index in [1.165, 1.54) is 68.6 Å². The monoisotopic (exact) mass is 468 g/mol. The fourth-order valence-electron chi connectivity index (χ4n) is 3.69. The van der Waals surface area contributed by atoms with Crippen LogP contribution in [0.15, 0.2) is 60.7 Å². The third kappa shape index (κ3) is 3.74. The average Bonchev–Trinajstić information content (AvgIpc) is 3.26. The van der Waals surface area contributed by atoms with Gasteiger partial charge in [-0.05, 0) is 60.7 Å². The van der Waals surface area contributed by atoms with Gasteiger partial charge in [0.2, 0.25) is 19.8 Å². The molecule has 0 spiro atoms. The molecule has 1 N–H and O–H groups in total. The van der Waals surface area contributed by atoms with Gasteiger partial charge in [0.1, 0.15) is 11.5 Å². The molecule has 2 aliphatic heterocycles. The summed E-state index contributed by atoms with van der Waals surface area (Å²) < 4.78 is 10.6. The van der Waals surface area contributed by atoms with Crippen molar-refractivity contribution < 1.29 is 38.2 Å². The molecule has 2 heterocycles. The zero-order valence-corrected chi connectivity index (χ0v) is 18.0. The van der Waals surface area contributed by atoms with Gasteiger partial charge in [0.05, 0.1) is 33.4 Å². The normalized spacial score (nSPS) is 13.9. The molecule has 170 valence electrons. The Kier molecular flexibility index (Phi) is 5.02. The average molecular weight is 468 g/mol. The maximum Gasteiger partial charge on any atom is 0.343 e. The van der Waals surface area contributed by atoms with Crippen LogP contribution in [0, 0.1) is 0 Å². The third-order valence-electron chi connectivity index (χ3n) is 5.54. The summed E-state index contributed by atoms with van der Waals surface area (Å²) in [6.07, 6.45) is 0. The van der Waals surface area contributed by atoms with Crippen LogP contribution < -0.4 is 14.8 Å². The molecule has 0 atom stereocenters. The summed E-state index contributed by atoms with van der Waals surface area (Å²) in [5.74, 6) is -3.22. The number of carbonyl (C=O) groups is 6. The van der Waals surface area contributed by atoms with Crippen molar-refractivity contribution in [2.24, 2.45) is 0 Å². The molecule has 0 radical (unpaired) electrons. The number of benzene rings is 3. The highest BCUT2D eigenvalue weighted by atomic mass is 16.5. The second-order valence-electron chi connectivity index (χ2n) is 7.72. The van der Waals surface area contributed by atoms with Crippen LogP contribution in [-0.4, -0.2) is 48.4 Å². The topological polar surface area (TPSA) is 136 Å². The lowest BCUT2D eigenvalue weighted by atomic mass is 10.1. The van der Waals surface area contributed by atoms with Gasteiger partial charge < -0.3 is 14.3 Å². The molecule has 0 aliphatic carbocycles. The van der Waals surface area contributed by atoms with Crippen LogP contribution in [0.5, 0.6) is 11.5 Å². The summed E-state index contributed by atoms with van der Waals surface area (Å²) >= 11 is 0. The summed E-state index contributed by atoms with van der Waals surface area (Å²) in [5, 5.41) is 2.14. The van der Waals surface area contributed by atoms with Crippen molar-refractivity contribution in [2.45, 2.75) is 0 Å². The Labute approximate surface area is 197 Å². The van der Waals surface area contributed by atoms with Crippen molar-refractivity contribution in [1.82, 2.24) is 10.1 Å². The lowest BCUT2D eigenvalue weighted by Crippen LogP contribution is -2.26. The third-order valence-corrected chi connectivity index (χ3v) is 5.54. The Balaban J connectivity index is 1.26. The smallest absolute Gasteiger partial charge is 0.343 e. The molecule has 5 rings (SSSR count). The van der Waals surface area contributed by atoms with Gasteiger partial charge in [0.25, 0.3) is 11.8 Å². The van der Waals surface area contributed by atoms with Crippen LogP contribution in [0.3, 0.4) is 0 Å². The second-order valence-corrected chi connectivity index (χ2v) is 7.72. The Bertz CT molecular complexity index is 1500. The number of hydrogen-bond donors (Lipinski definition) is 1. The number of esters is 2. The molecule has 10 nitrogen and oxygen atoms in total. The summed E-state index contributed by atoms with van der Waals surface area (Å²) in [6.45, 7) is 0. The highest BCUT2D eigenvalue weighted by Gasteiger charge is 2.33. The fourth-order valence-corrected chi connectivity index (χ4v) is 3.69. The molecule has 0 aromatic heterocycles. The van der Waals surface area contributed by atoms with E-state index in [1.807, 2.05) is 0 Å². The van der Waals surface area contributed by atoms with Gasteiger partial charge in [-0.25, -0.2) is 9.59 Å². The van der Waals surface area contributed by atoms with E-state index in [0.717, 1.165) is 4.81 Å². The number of ether oxygens (including phenoxy) is 2. The second kappa shape index (κ2) is 8.06. The maximum atomic E-state index is 12.5. The summed E-state index contributed by atoms with van der Waals surface area (Å²) in [4.78, 5) is 73.4. The van der Waals surface area contributed by atoms with Crippen molar-refractivity contribution in [1.29, 1.82) is 0 Å². The lowest BCUT2D eigenvalue weighted by molar-refractivity contribution is 0.0719. The van der Waals surface area contributed by atoms with Gasteiger partial charge >= 0.3 is 11.9 Å². The van der Waals surface area contributed by atoms with Gasteiger partial charge in [0.15, 0.2) is 0 Å². The zero-order chi connectivity index (χ0) is 24.9. The predicted molar refractivity (Wildman–Crippen MR) is 120 cm³/mol. The molecule has 0 fully saturated rings. The minimum atomic E-state index is -0.744. The summed E-state index contributed by atoms with van der Waals surface area (Å²) in [6, 6.07) is 13.8. The Morgan fingerprint density at radius 3 is 1.66 bits per heavy atom. The van der Waals surface area contributed by atoms with E-state index in [1.54, 1.807) is 0 Å². The quantitative estimate of drug-likeness (QED) is 0.261. The van der Waals surface area contributed by atoms with Gasteiger partial charge in [-0.1, -0.05) is 0 Å². The van der Waals surface area contributed by atoms with Crippen molar-refractivity contribution >= 4 is 43.5 Å². The van der Waals surface area contributed by atoms with Crippen LogP contribution in [0.2, 0.25) is 0 Å². The molecule has 11 heteroatoms. The van der Waals surface area contributed by atoms with Crippen molar-refractivity contribution in [3.63, 3.8) is 0 Å². The van der Waals surface area contributed by atoms with Crippen LogP contribution in [-0.2, 0) is 0 Å². The first-order valence-corrected chi connectivity index (χ1v) is 10.2. The fraction of sp³-hybridized carbons (Fsp3) is 0. The maximum absolute atomic E-state index is 12.5. The number of fused-ring (bicyclic) bond motifs is 2. The number of nitrogens with zero attached hydrogens (tertiary/aromatic N) is 1. The highest BCUT2D eigenvalue weighted by Crippen LogP contribution is 2.25. The molecule has 0 bridgehead atoms. The number of hydrogen-bond acceptors (Lipinski definition) is 8. The number of nitrogens with one attached hydrogen (secondary N) is 1.